The Morgan fingerprint density at radius 2 is 2.00 bits per heavy atom. The molecule has 1 aliphatic carbocycles. The Morgan fingerprint density at radius 3 is 2.50 bits per heavy atom. The summed E-state index contributed by atoms with van der Waals surface area (Å²) < 4.78 is 0. The molecule has 0 spiro atoms. The summed E-state index contributed by atoms with van der Waals surface area (Å²) in [4.78, 5) is 15.8. The third-order valence-electron chi connectivity index (χ3n) is 2.39. The lowest BCUT2D eigenvalue weighted by molar-refractivity contribution is -0.136. The van der Waals surface area contributed by atoms with Crippen molar-refractivity contribution >= 4 is 11.7 Å². The maximum atomic E-state index is 11.2. The van der Waals surface area contributed by atoms with Gasteiger partial charge in [0.25, 0.3) is 0 Å². The maximum Gasteiger partial charge on any atom is 0.367 e. The lowest BCUT2D eigenvalue weighted by Gasteiger charge is -1.98. The molecule has 2 rings (SSSR count). The molecule has 1 saturated carbocycles. The quantitative estimate of drug-likeness (QED) is 0.405. The van der Waals surface area contributed by atoms with Gasteiger partial charge in [0.2, 0.25) is 0 Å². The SMILES string of the molecule is CC1=NOC(=O)C1=C1CCCC1. The van der Waals surface area contributed by atoms with Crippen LogP contribution < -0.4 is 0 Å². The van der Waals surface area contributed by atoms with E-state index in [1.165, 1.54) is 18.4 Å². The van der Waals surface area contributed by atoms with Crippen LogP contribution in [0.1, 0.15) is 32.6 Å². The molecule has 2 aliphatic rings. The zero-order valence-electron chi connectivity index (χ0n) is 7.09. The van der Waals surface area contributed by atoms with Gasteiger partial charge in [0.15, 0.2) is 0 Å². The van der Waals surface area contributed by atoms with Gasteiger partial charge in [-0.15, -0.1) is 0 Å². The van der Waals surface area contributed by atoms with E-state index in [1.807, 2.05) is 6.92 Å². The first-order valence-corrected chi connectivity index (χ1v) is 4.27. The molecule has 0 aromatic rings. The van der Waals surface area contributed by atoms with Crippen LogP contribution in [0.2, 0.25) is 0 Å². The van der Waals surface area contributed by atoms with Gasteiger partial charge in [-0.25, -0.2) is 4.79 Å². The fraction of sp³-hybridized carbons (Fsp3) is 0.556. The van der Waals surface area contributed by atoms with E-state index in [9.17, 15) is 4.79 Å². The van der Waals surface area contributed by atoms with Gasteiger partial charge >= 0.3 is 5.97 Å². The smallest absolute Gasteiger partial charge is 0.312 e. The summed E-state index contributed by atoms with van der Waals surface area (Å²) >= 11 is 0. The van der Waals surface area contributed by atoms with Gasteiger partial charge in [-0.1, -0.05) is 10.7 Å². The highest BCUT2D eigenvalue weighted by Crippen LogP contribution is 2.29. The summed E-state index contributed by atoms with van der Waals surface area (Å²) in [7, 11) is 0. The molecule has 3 nitrogen and oxygen atoms in total. The molecule has 64 valence electrons. The van der Waals surface area contributed by atoms with Gasteiger partial charge in [-0.05, 0) is 32.6 Å². The predicted octanol–water partition coefficient (Wildman–Crippen LogP) is 1.79. The molecular formula is C9H11NO2. The van der Waals surface area contributed by atoms with Crippen molar-refractivity contribution in [2.24, 2.45) is 5.16 Å². The van der Waals surface area contributed by atoms with Crippen molar-refractivity contribution in [1.82, 2.24) is 0 Å². The summed E-state index contributed by atoms with van der Waals surface area (Å²) in [5.41, 5.74) is 2.73. The van der Waals surface area contributed by atoms with E-state index < -0.39 is 0 Å². The number of allylic oxidation sites excluding steroid dienone is 1. The molecule has 0 bridgehead atoms. The van der Waals surface area contributed by atoms with Crippen molar-refractivity contribution in [1.29, 1.82) is 0 Å². The van der Waals surface area contributed by atoms with Crippen molar-refractivity contribution < 1.29 is 9.63 Å². The van der Waals surface area contributed by atoms with Gasteiger partial charge < -0.3 is 4.84 Å². The van der Waals surface area contributed by atoms with E-state index in [1.54, 1.807) is 0 Å². The topological polar surface area (TPSA) is 38.7 Å². The second-order valence-corrected chi connectivity index (χ2v) is 3.24. The van der Waals surface area contributed by atoms with Crippen LogP contribution in [0.15, 0.2) is 16.3 Å². The number of oxime groups is 1. The average molecular weight is 165 g/mol. The third kappa shape index (κ3) is 1.05. The van der Waals surface area contributed by atoms with Crippen LogP contribution in [0.4, 0.5) is 0 Å². The molecule has 0 amide bonds. The molecule has 1 aliphatic heterocycles. The Labute approximate surface area is 71.1 Å². The van der Waals surface area contributed by atoms with Crippen molar-refractivity contribution in [3.8, 4) is 0 Å². The predicted molar refractivity (Wildman–Crippen MR) is 44.7 cm³/mol. The van der Waals surface area contributed by atoms with E-state index in [0.717, 1.165) is 24.1 Å². The first-order chi connectivity index (χ1) is 5.79. The Bertz CT molecular complexity index is 281. The van der Waals surface area contributed by atoms with Crippen LogP contribution in [0.25, 0.3) is 0 Å². The zero-order valence-corrected chi connectivity index (χ0v) is 7.09. The minimum atomic E-state index is -0.260. The molecule has 12 heavy (non-hydrogen) atoms. The first-order valence-electron chi connectivity index (χ1n) is 4.27. The summed E-state index contributed by atoms with van der Waals surface area (Å²) in [6.07, 6.45) is 4.47. The normalized spacial score (nSPS) is 23.1. The maximum absolute atomic E-state index is 11.2. The molecule has 0 atom stereocenters. The van der Waals surface area contributed by atoms with Gasteiger partial charge in [-0.2, -0.15) is 0 Å². The van der Waals surface area contributed by atoms with Gasteiger partial charge in [-0.3, -0.25) is 0 Å². The van der Waals surface area contributed by atoms with Crippen molar-refractivity contribution in [3.63, 3.8) is 0 Å². The second kappa shape index (κ2) is 2.73. The second-order valence-electron chi connectivity index (χ2n) is 3.24. The Kier molecular flexibility index (Phi) is 1.71. The van der Waals surface area contributed by atoms with Gasteiger partial charge in [0.1, 0.15) is 0 Å². The lowest BCUT2D eigenvalue weighted by Crippen LogP contribution is -2.05. The van der Waals surface area contributed by atoms with Crippen molar-refractivity contribution in [3.05, 3.63) is 11.1 Å². The number of rotatable bonds is 0. The van der Waals surface area contributed by atoms with E-state index in [-0.39, 0.29) is 5.97 Å². The zero-order chi connectivity index (χ0) is 8.55. The summed E-state index contributed by atoms with van der Waals surface area (Å²) in [5.74, 6) is -0.260. The Hall–Kier alpha value is -1.12. The van der Waals surface area contributed by atoms with Crippen LogP contribution in [0.5, 0.6) is 0 Å². The van der Waals surface area contributed by atoms with E-state index in [4.69, 9.17) is 0 Å². The molecule has 1 heterocycles. The Balaban J connectivity index is 2.36. The third-order valence-corrected chi connectivity index (χ3v) is 2.39. The standard InChI is InChI=1S/C9H11NO2/c1-6-8(9(11)12-10-6)7-4-2-3-5-7/h2-5H2,1H3. The molecule has 0 saturated heterocycles. The number of nitrogens with zero attached hydrogens (tertiary/aromatic N) is 1. The van der Waals surface area contributed by atoms with E-state index in [2.05, 4.69) is 9.99 Å². The van der Waals surface area contributed by atoms with Crippen molar-refractivity contribution in [2.75, 3.05) is 0 Å². The monoisotopic (exact) mass is 165 g/mol. The van der Waals surface area contributed by atoms with Crippen LogP contribution in [-0.4, -0.2) is 11.7 Å². The minimum Gasteiger partial charge on any atom is -0.312 e. The largest absolute Gasteiger partial charge is 0.367 e. The highest BCUT2D eigenvalue weighted by molar-refractivity contribution is 6.21. The highest BCUT2D eigenvalue weighted by atomic mass is 16.7. The number of carbonyl (C=O) groups excluding carboxylic acids is 1. The fourth-order valence-corrected chi connectivity index (χ4v) is 1.80. The van der Waals surface area contributed by atoms with Crippen LogP contribution >= 0.6 is 0 Å². The summed E-state index contributed by atoms with van der Waals surface area (Å²) in [6, 6.07) is 0. The van der Waals surface area contributed by atoms with Crippen LogP contribution in [0, 0.1) is 0 Å². The van der Waals surface area contributed by atoms with Gasteiger partial charge in [0.05, 0.1) is 11.3 Å². The van der Waals surface area contributed by atoms with Crippen LogP contribution in [0.3, 0.4) is 0 Å². The van der Waals surface area contributed by atoms with E-state index in [0.29, 0.717) is 0 Å². The minimum absolute atomic E-state index is 0.260. The molecule has 0 radical (unpaired) electrons. The molecule has 0 aromatic carbocycles. The molecular weight excluding hydrogens is 154 g/mol. The number of carbonyl (C=O) groups is 1. The first kappa shape index (κ1) is 7.53. The van der Waals surface area contributed by atoms with Crippen LogP contribution in [-0.2, 0) is 9.63 Å². The number of hydrogen-bond donors (Lipinski definition) is 0. The van der Waals surface area contributed by atoms with Crippen molar-refractivity contribution in [2.45, 2.75) is 32.6 Å². The number of hydrogen-bond acceptors (Lipinski definition) is 3. The molecule has 3 heteroatoms. The lowest BCUT2D eigenvalue weighted by atomic mass is 10.0. The Morgan fingerprint density at radius 1 is 1.33 bits per heavy atom. The molecule has 0 aromatic heterocycles. The fourth-order valence-electron chi connectivity index (χ4n) is 1.80. The molecule has 0 unspecified atom stereocenters. The average Bonchev–Trinajstić information content (AvgIpc) is 2.61. The highest BCUT2D eigenvalue weighted by Gasteiger charge is 2.27. The molecule has 1 fully saturated rings. The van der Waals surface area contributed by atoms with Gasteiger partial charge in [0, 0.05) is 0 Å². The summed E-state index contributed by atoms with van der Waals surface area (Å²) in [6.45, 7) is 1.82. The molecule has 0 N–H and O–H groups in total. The van der Waals surface area contributed by atoms with E-state index >= 15 is 0 Å². The summed E-state index contributed by atoms with van der Waals surface area (Å²) in [5, 5.41) is 3.65.